The lowest BCUT2D eigenvalue weighted by molar-refractivity contribution is 0.425. The number of nitrogens with zero attached hydrogens (tertiary/aromatic N) is 2. The maximum absolute atomic E-state index is 8.77. The van der Waals surface area contributed by atoms with Crippen molar-refractivity contribution in [2.45, 2.75) is 6.85 Å². The highest BCUT2D eigenvalue weighted by molar-refractivity contribution is 6.58. The molecule has 0 amide bonds. The molecule has 0 aliphatic carbocycles. The summed E-state index contributed by atoms with van der Waals surface area (Å²) in [6.07, 6.45) is -1.34. The second-order valence-corrected chi connectivity index (χ2v) is 1.56. The van der Waals surface area contributed by atoms with Crippen LogP contribution in [0.25, 0.3) is 0 Å². The zero-order valence-corrected chi connectivity index (χ0v) is 4.87. The van der Waals surface area contributed by atoms with E-state index in [-0.39, 0.29) is 0 Å². The molecule has 10 heavy (non-hydrogen) atoms. The van der Waals surface area contributed by atoms with E-state index < -0.39 is 37.6 Å². The summed E-state index contributed by atoms with van der Waals surface area (Å²) in [5.41, 5.74) is -0.511. The average Bonchev–Trinajstić information content (AvgIpc) is 1.99. The summed E-state index contributed by atoms with van der Waals surface area (Å²) in [7, 11) is -2.06. The van der Waals surface area contributed by atoms with Crippen molar-refractivity contribution < 1.29 is 16.9 Å². The first-order valence-corrected chi connectivity index (χ1v) is 2.45. The molecule has 2 N–H and O–H groups in total. The molecule has 0 saturated carbocycles. The number of hydrogen-bond donors (Lipinski definition) is 2. The maximum Gasteiger partial charge on any atom is 0.491 e. The monoisotopic (exact) mass is 143 g/mol. The fourth-order valence-electron chi connectivity index (χ4n) is 0.392. The second kappa shape index (κ2) is 2.77. The lowest BCUT2D eigenvalue weighted by Crippen LogP contribution is -2.30. The van der Waals surface area contributed by atoms with Gasteiger partial charge < -0.3 is 10.0 Å². The van der Waals surface area contributed by atoms with Gasteiger partial charge in [-0.15, -0.1) is 0 Å². The van der Waals surface area contributed by atoms with E-state index in [4.69, 9.17) is 16.9 Å². The summed E-state index contributed by atoms with van der Waals surface area (Å²) in [6, 6.07) is 0. The van der Waals surface area contributed by atoms with Crippen LogP contribution in [0.1, 0.15) is 12.7 Å². The molecule has 0 aliphatic rings. The molecule has 0 saturated heterocycles. The molecule has 0 unspecified atom stereocenters. The molecule has 0 spiro atoms. The van der Waals surface area contributed by atoms with Gasteiger partial charge in [-0.05, 0) is 6.85 Å². The van der Waals surface area contributed by atoms with Crippen LogP contribution < -0.4 is 5.46 Å². The fourth-order valence-corrected chi connectivity index (χ4v) is 0.392. The van der Waals surface area contributed by atoms with E-state index in [1.54, 1.807) is 0 Å². The van der Waals surface area contributed by atoms with Crippen molar-refractivity contribution in [2.75, 3.05) is 0 Å². The summed E-state index contributed by atoms with van der Waals surface area (Å²) >= 11 is 0. The zero-order chi connectivity index (χ0) is 11.8. The van der Waals surface area contributed by atoms with Crippen molar-refractivity contribution in [3.05, 3.63) is 18.2 Å². The number of aromatic nitrogens is 2. The van der Waals surface area contributed by atoms with Crippen molar-refractivity contribution in [2.24, 2.45) is 0 Å². The Hall–Kier alpha value is -0.935. The van der Waals surface area contributed by atoms with Gasteiger partial charge in [0.05, 0.1) is 2.74 Å². The van der Waals surface area contributed by atoms with Crippen LogP contribution in [0.2, 0.25) is 0 Å². The zero-order valence-electron chi connectivity index (χ0n) is 9.87. The third-order valence-electron chi connectivity index (χ3n) is 0.823. The van der Waals surface area contributed by atoms with E-state index in [0.29, 0.717) is 0 Å². The van der Waals surface area contributed by atoms with Crippen LogP contribution in [0.15, 0.2) is 12.3 Å². The van der Waals surface area contributed by atoms with Gasteiger partial charge >= 0.3 is 7.12 Å². The predicted octanol–water partition coefficient (Wildman–Crippen LogP) is -1.54. The van der Waals surface area contributed by atoms with E-state index in [0.717, 1.165) is 0 Å². The lowest BCUT2D eigenvalue weighted by atomic mass is 9.83. The summed E-state index contributed by atoms with van der Waals surface area (Å²) < 4.78 is 35.3. The van der Waals surface area contributed by atoms with Crippen molar-refractivity contribution in [1.29, 1.82) is 0 Å². The Kier molecular flexibility index (Phi) is 0.824. The molecule has 0 aliphatic heterocycles. The van der Waals surface area contributed by atoms with E-state index in [2.05, 4.69) is 9.97 Å². The first-order chi connectivity index (χ1) is 6.73. The van der Waals surface area contributed by atoms with Crippen LogP contribution in [-0.2, 0) is 0 Å². The molecule has 52 valence electrons. The minimum absolute atomic E-state index is 0.511. The molecule has 1 aromatic heterocycles. The van der Waals surface area contributed by atoms with E-state index in [1.165, 1.54) is 0 Å². The van der Waals surface area contributed by atoms with Gasteiger partial charge in [0.2, 0.25) is 0 Å². The van der Waals surface area contributed by atoms with Crippen molar-refractivity contribution in [3.63, 3.8) is 0 Å². The van der Waals surface area contributed by atoms with Crippen molar-refractivity contribution >= 4 is 12.6 Å². The minimum Gasteiger partial charge on any atom is -0.423 e. The third kappa shape index (κ3) is 1.52. The first kappa shape index (κ1) is 2.98. The predicted molar refractivity (Wildman–Crippen MR) is 36.6 cm³/mol. The first-order valence-electron chi connectivity index (χ1n) is 4.95. The SMILES string of the molecule is [2H]c1nc(C([2H])([2H])[2H])nc([2H])c1B(O)O. The quantitative estimate of drug-likeness (QED) is 0.467. The molecule has 0 atom stereocenters. The van der Waals surface area contributed by atoms with Gasteiger partial charge in [-0.25, -0.2) is 9.97 Å². The van der Waals surface area contributed by atoms with Gasteiger partial charge in [-0.2, -0.15) is 0 Å². The van der Waals surface area contributed by atoms with Crippen molar-refractivity contribution in [1.82, 2.24) is 9.97 Å². The van der Waals surface area contributed by atoms with Crippen molar-refractivity contribution in [3.8, 4) is 0 Å². The Labute approximate surface area is 65.7 Å². The Balaban J connectivity index is 3.32. The molecule has 0 fully saturated rings. The molecular weight excluding hydrogens is 131 g/mol. The molecular formula is C5H7BN2O2. The van der Waals surface area contributed by atoms with Crippen LogP contribution >= 0.6 is 0 Å². The fraction of sp³-hybridized carbons (Fsp3) is 0.200. The van der Waals surface area contributed by atoms with E-state index in [9.17, 15) is 0 Å². The largest absolute Gasteiger partial charge is 0.491 e. The topological polar surface area (TPSA) is 66.2 Å². The maximum atomic E-state index is 8.77. The molecule has 5 heteroatoms. The molecule has 1 heterocycles. The normalized spacial score (nSPS) is 18.0. The van der Waals surface area contributed by atoms with Crippen LogP contribution in [0.4, 0.5) is 0 Å². The lowest BCUT2D eigenvalue weighted by Gasteiger charge is -1.95. The van der Waals surface area contributed by atoms with Gasteiger partial charge in [0.25, 0.3) is 0 Å². The smallest absolute Gasteiger partial charge is 0.423 e. The van der Waals surface area contributed by atoms with Gasteiger partial charge in [-0.1, -0.05) is 0 Å². The summed E-state index contributed by atoms with van der Waals surface area (Å²) in [4.78, 5) is 6.56. The molecule has 1 rings (SSSR count). The standard InChI is InChI=1S/C5H7BN2O2/c1-4-7-2-5(3-8-4)6(9)10/h2-3,9-10H,1H3/i1D3,2D,3D. The summed E-state index contributed by atoms with van der Waals surface area (Å²) in [6.45, 7) is -2.62. The molecule has 0 radical (unpaired) electrons. The highest BCUT2D eigenvalue weighted by Gasteiger charge is 2.10. The highest BCUT2D eigenvalue weighted by atomic mass is 16.4. The van der Waals surface area contributed by atoms with Gasteiger partial charge in [0.1, 0.15) is 5.82 Å². The Morgan fingerprint density at radius 1 is 1.60 bits per heavy atom. The Morgan fingerprint density at radius 3 is 2.60 bits per heavy atom. The summed E-state index contributed by atoms with van der Waals surface area (Å²) in [5, 5.41) is 17.5. The van der Waals surface area contributed by atoms with Crippen LogP contribution in [0, 0.1) is 6.85 Å². The minimum atomic E-state index is -2.62. The highest BCUT2D eigenvalue weighted by Crippen LogP contribution is 1.80. The van der Waals surface area contributed by atoms with Crippen LogP contribution in [0.5, 0.6) is 0 Å². The molecule has 0 bridgehead atoms. The number of hydrogen-bond acceptors (Lipinski definition) is 4. The Bertz CT molecular complexity index is 359. The van der Waals surface area contributed by atoms with E-state index >= 15 is 0 Å². The van der Waals surface area contributed by atoms with Crippen LogP contribution in [-0.4, -0.2) is 27.1 Å². The number of rotatable bonds is 1. The molecule has 1 aromatic rings. The average molecular weight is 143 g/mol. The summed E-state index contributed by atoms with van der Waals surface area (Å²) in [5.74, 6) is -0.651. The third-order valence-corrected chi connectivity index (χ3v) is 0.823. The van der Waals surface area contributed by atoms with Gasteiger partial charge in [-0.3, -0.25) is 0 Å². The second-order valence-electron chi connectivity index (χ2n) is 1.56. The van der Waals surface area contributed by atoms with Gasteiger partial charge in [0.15, 0.2) is 0 Å². The van der Waals surface area contributed by atoms with Gasteiger partial charge in [0, 0.05) is 21.9 Å². The molecule has 0 aromatic carbocycles. The number of aryl methyl sites for hydroxylation is 1. The Morgan fingerprint density at radius 2 is 2.20 bits per heavy atom. The van der Waals surface area contributed by atoms with E-state index in [1.807, 2.05) is 0 Å². The molecule has 4 nitrogen and oxygen atoms in total. The van der Waals surface area contributed by atoms with Crippen LogP contribution in [0.3, 0.4) is 0 Å².